The van der Waals surface area contributed by atoms with Gasteiger partial charge in [0.2, 0.25) is 5.88 Å². The Morgan fingerprint density at radius 3 is 2.51 bits per heavy atom. The molecule has 1 atom stereocenters. The molecule has 0 bridgehead atoms. The Hall–Kier alpha value is -4.07. The minimum atomic E-state index is -0.719. The first-order valence-corrected chi connectivity index (χ1v) is 11.5. The second-order valence-electron chi connectivity index (χ2n) is 8.27. The number of ether oxygens (including phenoxy) is 3. The Morgan fingerprint density at radius 2 is 1.80 bits per heavy atom. The van der Waals surface area contributed by atoms with E-state index < -0.39 is 6.10 Å². The van der Waals surface area contributed by atoms with E-state index in [1.165, 1.54) is 0 Å². The molecule has 2 aromatic carbocycles. The van der Waals surface area contributed by atoms with E-state index in [9.17, 15) is 4.79 Å². The number of carbonyl (C=O) groups is 1. The normalized spacial score (nSPS) is 11.8. The number of nitrogens with one attached hydrogen (secondary N) is 1. The van der Waals surface area contributed by atoms with Gasteiger partial charge in [-0.15, -0.1) is 0 Å². The molecule has 1 N–H and O–H groups in total. The highest BCUT2D eigenvalue weighted by Gasteiger charge is 2.19. The van der Waals surface area contributed by atoms with Gasteiger partial charge in [-0.2, -0.15) is 10.1 Å². The van der Waals surface area contributed by atoms with E-state index in [-0.39, 0.29) is 5.91 Å². The smallest absolute Gasteiger partial charge is 0.260 e. The minimum Gasteiger partial charge on any atom is -0.493 e. The van der Waals surface area contributed by atoms with E-state index in [1.807, 2.05) is 68.6 Å². The predicted molar refractivity (Wildman–Crippen MR) is 135 cm³/mol. The van der Waals surface area contributed by atoms with Gasteiger partial charge in [0.15, 0.2) is 23.3 Å². The van der Waals surface area contributed by atoms with Gasteiger partial charge < -0.3 is 19.5 Å². The molecular weight excluding hydrogens is 444 g/mol. The number of methoxy groups -OCH3 is 2. The number of nitrogens with zero attached hydrogens (tertiary/aromatic N) is 3. The molecule has 0 spiro atoms. The highest BCUT2D eigenvalue weighted by Crippen LogP contribution is 2.33. The monoisotopic (exact) mass is 474 g/mol. The fourth-order valence-electron chi connectivity index (χ4n) is 4.07. The lowest BCUT2D eigenvalue weighted by Gasteiger charge is -2.16. The molecule has 1 amide bonds. The number of hydrogen-bond acceptors (Lipinski definition) is 6. The SMILES string of the molecule is COc1ccc(CCNC(=O)[C@H](C)Oc2cc(-c3ccccc3)c3c(C)nn(C)c3n2)cc1OC. The summed E-state index contributed by atoms with van der Waals surface area (Å²) in [6, 6.07) is 17.6. The molecule has 0 saturated carbocycles. The minimum absolute atomic E-state index is 0.213. The van der Waals surface area contributed by atoms with Crippen molar-refractivity contribution < 1.29 is 19.0 Å². The number of fused-ring (bicyclic) bond motifs is 1. The third kappa shape index (κ3) is 5.21. The van der Waals surface area contributed by atoms with Crippen LogP contribution in [0.3, 0.4) is 0 Å². The number of pyridine rings is 1. The van der Waals surface area contributed by atoms with Crippen molar-refractivity contribution in [2.45, 2.75) is 26.4 Å². The van der Waals surface area contributed by atoms with Crippen molar-refractivity contribution in [2.75, 3.05) is 20.8 Å². The van der Waals surface area contributed by atoms with E-state index in [4.69, 9.17) is 14.2 Å². The molecule has 0 aliphatic heterocycles. The van der Waals surface area contributed by atoms with E-state index >= 15 is 0 Å². The summed E-state index contributed by atoms with van der Waals surface area (Å²) >= 11 is 0. The molecular formula is C27H30N4O4. The maximum absolute atomic E-state index is 12.7. The third-order valence-corrected chi connectivity index (χ3v) is 5.86. The molecule has 2 heterocycles. The van der Waals surface area contributed by atoms with Crippen LogP contribution in [0.15, 0.2) is 54.6 Å². The number of amides is 1. The highest BCUT2D eigenvalue weighted by atomic mass is 16.5. The number of carbonyl (C=O) groups excluding carboxylic acids is 1. The Balaban J connectivity index is 1.46. The number of aromatic nitrogens is 3. The van der Waals surface area contributed by atoms with Crippen molar-refractivity contribution in [2.24, 2.45) is 7.05 Å². The summed E-state index contributed by atoms with van der Waals surface area (Å²) in [5, 5.41) is 8.43. The van der Waals surface area contributed by atoms with Crippen molar-refractivity contribution in [1.29, 1.82) is 0 Å². The molecule has 0 aliphatic rings. The summed E-state index contributed by atoms with van der Waals surface area (Å²) in [6.07, 6.45) is -0.0709. The Labute approximate surface area is 204 Å². The standard InChI is InChI=1S/C27H30N4O4/c1-17-25-21(20-9-7-6-8-10-20)16-24(29-26(25)31(3)30-17)35-18(2)27(32)28-14-13-19-11-12-22(33-4)23(15-19)34-5/h6-12,15-16,18H,13-14H2,1-5H3,(H,28,32)/t18-/m0/s1. The van der Waals surface area contributed by atoms with Crippen molar-refractivity contribution in [3.63, 3.8) is 0 Å². The van der Waals surface area contributed by atoms with Crippen LogP contribution >= 0.6 is 0 Å². The molecule has 0 saturated heterocycles. The zero-order valence-corrected chi connectivity index (χ0v) is 20.7. The van der Waals surface area contributed by atoms with Crippen LogP contribution in [0.1, 0.15) is 18.2 Å². The van der Waals surface area contributed by atoms with Crippen LogP contribution in [0.5, 0.6) is 17.4 Å². The maximum atomic E-state index is 12.7. The average Bonchev–Trinajstić information content (AvgIpc) is 3.16. The van der Waals surface area contributed by atoms with Crippen LogP contribution in [0.2, 0.25) is 0 Å². The molecule has 4 aromatic rings. The first-order chi connectivity index (χ1) is 16.9. The van der Waals surface area contributed by atoms with Gasteiger partial charge in [0.05, 0.1) is 25.3 Å². The molecule has 8 nitrogen and oxygen atoms in total. The Bertz CT molecular complexity index is 1330. The number of benzene rings is 2. The maximum Gasteiger partial charge on any atom is 0.260 e. The molecule has 182 valence electrons. The molecule has 0 unspecified atom stereocenters. The topological polar surface area (TPSA) is 87.5 Å². The first-order valence-electron chi connectivity index (χ1n) is 11.5. The van der Waals surface area contributed by atoms with Gasteiger partial charge in [-0.05, 0) is 49.1 Å². The zero-order valence-electron chi connectivity index (χ0n) is 20.7. The van der Waals surface area contributed by atoms with Crippen molar-refractivity contribution in [3.05, 3.63) is 65.9 Å². The van der Waals surface area contributed by atoms with Gasteiger partial charge in [-0.25, -0.2) is 0 Å². The van der Waals surface area contributed by atoms with Crippen molar-refractivity contribution in [1.82, 2.24) is 20.1 Å². The fraction of sp³-hybridized carbons (Fsp3) is 0.296. The van der Waals surface area contributed by atoms with Crippen molar-refractivity contribution in [3.8, 4) is 28.5 Å². The quantitative estimate of drug-likeness (QED) is 0.393. The molecule has 2 aromatic heterocycles. The third-order valence-electron chi connectivity index (χ3n) is 5.86. The number of rotatable bonds is 9. The fourth-order valence-corrected chi connectivity index (χ4v) is 4.07. The van der Waals surface area contributed by atoms with Gasteiger partial charge in [0, 0.05) is 19.7 Å². The van der Waals surface area contributed by atoms with E-state index in [0.717, 1.165) is 27.8 Å². The van der Waals surface area contributed by atoms with Gasteiger partial charge in [0.25, 0.3) is 5.91 Å². The van der Waals surface area contributed by atoms with Crippen LogP contribution < -0.4 is 19.5 Å². The van der Waals surface area contributed by atoms with Gasteiger partial charge in [0.1, 0.15) is 0 Å². The lowest BCUT2D eigenvalue weighted by molar-refractivity contribution is -0.127. The lowest BCUT2D eigenvalue weighted by Crippen LogP contribution is -2.37. The molecule has 0 aliphatic carbocycles. The van der Waals surface area contributed by atoms with Crippen LogP contribution in [0.4, 0.5) is 0 Å². The summed E-state index contributed by atoms with van der Waals surface area (Å²) in [4.78, 5) is 17.4. The highest BCUT2D eigenvalue weighted by molar-refractivity contribution is 5.95. The molecule has 35 heavy (non-hydrogen) atoms. The van der Waals surface area contributed by atoms with E-state index in [2.05, 4.69) is 15.4 Å². The molecule has 4 rings (SSSR count). The number of hydrogen-bond donors (Lipinski definition) is 1. The van der Waals surface area contributed by atoms with Gasteiger partial charge in [-0.3, -0.25) is 9.48 Å². The van der Waals surface area contributed by atoms with Gasteiger partial charge in [-0.1, -0.05) is 36.4 Å². The molecule has 8 heteroatoms. The van der Waals surface area contributed by atoms with E-state index in [0.29, 0.717) is 36.0 Å². The zero-order chi connectivity index (χ0) is 24.9. The first kappa shape index (κ1) is 24.1. The van der Waals surface area contributed by atoms with Gasteiger partial charge >= 0.3 is 0 Å². The largest absolute Gasteiger partial charge is 0.493 e. The second kappa shape index (κ2) is 10.5. The molecule has 0 radical (unpaired) electrons. The summed E-state index contributed by atoms with van der Waals surface area (Å²) in [7, 11) is 5.05. The Morgan fingerprint density at radius 1 is 1.06 bits per heavy atom. The summed E-state index contributed by atoms with van der Waals surface area (Å²) in [6.45, 7) is 4.14. The average molecular weight is 475 g/mol. The number of aryl methyl sites for hydroxylation is 2. The summed E-state index contributed by atoms with van der Waals surface area (Å²) in [5.74, 6) is 1.50. The molecule has 0 fully saturated rings. The van der Waals surface area contributed by atoms with Crippen LogP contribution in [-0.2, 0) is 18.3 Å². The van der Waals surface area contributed by atoms with Crippen LogP contribution in [0, 0.1) is 6.92 Å². The summed E-state index contributed by atoms with van der Waals surface area (Å²) < 4.78 is 18.3. The predicted octanol–water partition coefficient (Wildman–Crippen LogP) is 4.09. The van der Waals surface area contributed by atoms with Crippen molar-refractivity contribution >= 4 is 16.9 Å². The van der Waals surface area contributed by atoms with Crippen LogP contribution in [-0.4, -0.2) is 47.5 Å². The lowest BCUT2D eigenvalue weighted by atomic mass is 10.0. The van der Waals surface area contributed by atoms with E-state index in [1.54, 1.807) is 25.8 Å². The summed E-state index contributed by atoms with van der Waals surface area (Å²) in [5.41, 5.74) is 4.63. The van der Waals surface area contributed by atoms with Crippen LogP contribution in [0.25, 0.3) is 22.2 Å². The Kier molecular flexibility index (Phi) is 7.19. The second-order valence-corrected chi connectivity index (χ2v) is 8.27.